The minimum absolute atomic E-state index is 0.179. The Kier molecular flexibility index (Phi) is 1.47. The van der Waals surface area contributed by atoms with Crippen molar-refractivity contribution < 1.29 is 15.3 Å². The minimum Gasteiger partial charge on any atom is -0.390 e. The highest BCUT2D eigenvalue weighted by atomic mass is 16.4. The van der Waals surface area contributed by atoms with Gasteiger partial charge in [0.2, 0.25) is 0 Å². The van der Waals surface area contributed by atoms with Gasteiger partial charge in [0.25, 0.3) is 0 Å². The molecule has 0 saturated carbocycles. The van der Waals surface area contributed by atoms with E-state index in [1.165, 1.54) is 0 Å². The van der Waals surface area contributed by atoms with E-state index in [9.17, 15) is 15.3 Å². The van der Waals surface area contributed by atoms with Crippen molar-refractivity contribution in [2.75, 3.05) is 0 Å². The molecule has 0 amide bonds. The molecule has 0 aromatic rings. The van der Waals surface area contributed by atoms with E-state index in [0.717, 1.165) is 6.42 Å². The fourth-order valence-electron chi connectivity index (χ4n) is 2.04. The van der Waals surface area contributed by atoms with Gasteiger partial charge in [0.1, 0.15) is 11.8 Å². The number of fused-ring (bicyclic) bond motifs is 2. The molecule has 0 aromatic heterocycles. The highest BCUT2D eigenvalue weighted by Crippen LogP contribution is 2.33. The molecule has 0 aliphatic carbocycles. The van der Waals surface area contributed by atoms with Crippen LogP contribution in [0.4, 0.5) is 0 Å². The molecule has 2 saturated heterocycles. The summed E-state index contributed by atoms with van der Waals surface area (Å²) in [6, 6.07) is 0.179. The van der Waals surface area contributed by atoms with Crippen LogP contribution in [0.15, 0.2) is 0 Å². The first-order valence-electron chi connectivity index (χ1n) is 3.98. The number of rotatable bonds is 0. The maximum absolute atomic E-state index is 9.64. The molecule has 0 spiro atoms. The molecule has 2 aliphatic rings. The molecule has 64 valence electrons. The van der Waals surface area contributed by atoms with Crippen LogP contribution < -0.4 is 5.32 Å². The van der Waals surface area contributed by atoms with Gasteiger partial charge in [-0.1, -0.05) is 0 Å². The fraction of sp³-hybridized carbons (Fsp3) is 1.00. The Balaban J connectivity index is 2.21. The van der Waals surface area contributed by atoms with Crippen LogP contribution in [-0.2, 0) is 0 Å². The average molecular weight is 159 g/mol. The Morgan fingerprint density at radius 3 is 2.82 bits per heavy atom. The molecule has 2 fully saturated rings. The Bertz CT molecular complexity index is 175. The van der Waals surface area contributed by atoms with E-state index in [4.69, 9.17) is 0 Å². The van der Waals surface area contributed by atoms with Gasteiger partial charge in [-0.3, -0.25) is 5.32 Å². The van der Waals surface area contributed by atoms with Crippen LogP contribution in [0, 0.1) is 0 Å². The Morgan fingerprint density at radius 2 is 2.09 bits per heavy atom. The van der Waals surface area contributed by atoms with E-state index in [2.05, 4.69) is 5.32 Å². The summed E-state index contributed by atoms with van der Waals surface area (Å²) in [6.07, 6.45) is 0.124. The molecular formula is C7H13NO3. The van der Waals surface area contributed by atoms with Crippen molar-refractivity contribution in [1.82, 2.24) is 5.32 Å². The second-order valence-corrected chi connectivity index (χ2v) is 3.55. The lowest BCUT2D eigenvalue weighted by atomic mass is 9.96. The standard InChI is InChI=1S/C7H13NO3/c9-5-3-4-1-2-7(11,8-4)6(5)10/h4-6,8-11H,1-3H2/t4-,5-,6+,7?/m1/s1. The predicted octanol–water partition coefficient (Wildman–Crippen LogP) is -1.45. The molecule has 11 heavy (non-hydrogen) atoms. The molecule has 4 atom stereocenters. The smallest absolute Gasteiger partial charge is 0.144 e. The Hall–Kier alpha value is -0.160. The number of aliphatic hydroxyl groups excluding tert-OH is 2. The molecule has 0 radical (unpaired) electrons. The zero-order valence-electron chi connectivity index (χ0n) is 6.20. The quantitative estimate of drug-likeness (QED) is 0.349. The maximum Gasteiger partial charge on any atom is 0.144 e. The zero-order chi connectivity index (χ0) is 8.06. The van der Waals surface area contributed by atoms with E-state index >= 15 is 0 Å². The summed E-state index contributed by atoms with van der Waals surface area (Å²) in [5.41, 5.74) is -1.22. The first-order chi connectivity index (χ1) is 5.12. The molecule has 2 heterocycles. The normalized spacial score (nSPS) is 56.5. The lowest BCUT2D eigenvalue weighted by Crippen LogP contribution is -2.61. The van der Waals surface area contributed by atoms with Gasteiger partial charge in [0.05, 0.1) is 6.10 Å². The topological polar surface area (TPSA) is 72.7 Å². The fourth-order valence-corrected chi connectivity index (χ4v) is 2.04. The van der Waals surface area contributed by atoms with Crippen LogP contribution in [0.1, 0.15) is 19.3 Å². The first kappa shape index (κ1) is 7.49. The largest absolute Gasteiger partial charge is 0.390 e. The maximum atomic E-state index is 9.64. The van der Waals surface area contributed by atoms with Crippen molar-refractivity contribution in [2.24, 2.45) is 0 Å². The number of nitrogens with one attached hydrogen (secondary N) is 1. The lowest BCUT2D eigenvalue weighted by Gasteiger charge is -2.37. The minimum atomic E-state index is -1.22. The van der Waals surface area contributed by atoms with Crippen molar-refractivity contribution in [1.29, 1.82) is 0 Å². The van der Waals surface area contributed by atoms with Crippen LogP contribution >= 0.6 is 0 Å². The van der Waals surface area contributed by atoms with E-state index in [1.54, 1.807) is 0 Å². The van der Waals surface area contributed by atoms with E-state index in [0.29, 0.717) is 12.8 Å². The van der Waals surface area contributed by atoms with Gasteiger partial charge >= 0.3 is 0 Å². The molecule has 4 N–H and O–H groups in total. The first-order valence-corrected chi connectivity index (χ1v) is 3.98. The highest BCUT2D eigenvalue weighted by molar-refractivity contribution is 5.02. The summed E-state index contributed by atoms with van der Waals surface area (Å²) in [4.78, 5) is 0. The van der Waals surface area contributed by atoms with Crippen LogP contribution in [0.3, 0.4) is 0 Å². The van der Waals surface area contributed by atoms with Crippen molar-refractivity contribution in [3.63, 3.8) is 0 Å². The van der Waals surface area contributed by atoms with Gasteiger partial charge in [-0.05, 0) is 19.3 Å². The third-order valence-corrected chi connectivity index (χ3v) is 2.71. The Labute approximate surface area is 64.8 Å². The van der Waals surface area contributed by atoms with E-state index < -0.39 is 17.9 Å². The van der Waals surface area contributed by atoms with E-state index in [-0.39, 0.29) is 6.04 Å². The van der Waals surface area contributed by atoms with Gasteiger partial charge in [-0.2, -0.15) is 0 Å². The van der Waals surface area contributed by atoms with Crippen LogP contribution in [-0.4, -0.2) is 39.3 Å². The summed E-state index contributed by atoms with van der Waals surface area (Å²) in [5, 5.41) is 31.2. The summed E-state index contributed by atoms with van der Waals surface area (Å²) in [5.74, 6) is 0. The predicted molar refractivity (Wildman–Crippen MR) is 37.7 cm³/mol. The molecule has 2 aliphatic heterocycles. The van der Waals surface area contributed by atoms with Gasteiger partial charge in [-0.25, -0.2) is 0 Å². The third kappa shape index (κ3) is 0.980. The average Bonchev–Trinajstić information content (AvgIpc) is 2.27. The number of hydrogen-bond donors (Lipinski definition) is 4. The molecule has 4 heteroatoms. The van der Waals surface area contributed by atoms with Crippen molar-refractivity contribution in [3.8, 4) is 0 Å². The number of hydrogen-bond acceptors (Lipinski definition) is 4. The van der Waals surface area contributed by atoms with Gasteiger partial charge in [0.15, 0.2) is 0 Å². The van der Waals surface area contributed by atoms with Crippen molar-refractivity contribution in [3.05, 3.63) is 0 Å². The van der Waals surface area contributed by atoms with Gasteiger partial charge in [0, 0.05) is 6.04 Å². The summed E-state index contributed by atoms with van der Waals surface area (Å²) in [6.45, 7) is 0. The van der Waals surface area contributed by atoms with Crippen molar-refractivity contribution >= 4 is 0 Å². The third-order valence-electron chi connectivity index (χ3n) is 2.71. The molecule has 1 unspecified atom stereocenters. The molecular weight excluding hydrogens is 146 g/mol. The molecule has 2 rings (SSSR count). The summed E-state index contributed by atoms with van der Waals surface area (Å²) in [7, 11) is 0. The molecule has 4 nitrogen and oxygen atoms in total. The number of aliphatic hydroxyl groups is 3. The number of piperidine rings is 1. The lowest BCUT2D eigenvalue weighted by molar-refractivity contribution is -0.153. The van der Waals surface area contributed by atoms with Crippen LogP contribution in [0.25, 0.3) is 0 Å². The van der Waals surface area contributed by atoms with Gasteiger partial charge < -0.3 is 15.3 Å². The van der Waals surface area contributed by atoms with Crippen molar-refractivity contribution in [2.45, 2.75) is 43.2 Å². The second-order valence-electron chi connectivity index (χ2n) is 3.55. The summed E-state index contributed by atoms with van der Waals surface area (Å²) >= 11 is 0. The van der Waals surface area contributed by atoms with Gasteiger partial charge in [-0.15, -0.1) is 0 Å². The van der Waals surface area contributed by atoms with Crippen LogP contribution in [0.2, 0.25) is 0 Å². The highest BCUT2D eigenvalue weighted by Gasteiger charge is 2.50. The van der Waals surface area contributed by atoms with E-state index in [1.807, 2.05) is 0 Å². The molecule has 2 bridgehead atoms. The van der Waals surface area contributed by atoms with Crippen LogP contribution in [0.5, 0.6) is 0 Å². The SMILES string of the molecule is O[C@@H]1C[C@H]2CCC(O)(N2)[C@H]1O. The summed E-state index contributed by atoms with van der Waals surface area (Å²) < 4.78 is 0. The monoisotopic (exact) mass is 159 g/mol. The second kappa shape index (κ2) is 2.17. The Morgan fingerprint density at radius 1 is 1.36 bits per heavy atom. The molecule has 0 aromatic carbocycles. The zero-order valence-corrected chi connectivity index (χ0v) is 6.20.